The minimum Gasteiger partial charge on any atom is -0.390 e. The first-order valence-electron chi connectivity index (χ1n) is 15.3. The molecule has 1 saturated carbocycles. The van der Waals surface area contributed by atoms with Gasteiger partial charge in [0.1, 0.15) is 11.6 Å². The van der Waals surface area contributed by atoms with E-state index in [-0.39, 0.29) is 35.9 Å². The van der Waals surface area contributed by atoms with Crippen molar-refractivity contribution in [1.82, 2.24) is 10.6 Å². The Hall–Kier alpha value is -2.35. The molecule has 0 saturated heterocycles. The number of aliphatic hydroxyl groups is 1. The van der Waals surface area contributed by atoms with Crippen LogP contribution in [0, 0.1) is 11.6 Å². The summed E-state index contributed by atoms with van der Waals surface area (Å²) in [6.07, 6.45) is 6.27. The normalized spacial score (nSPS) is 16.9. The molecule has 41 heavy (non-hydrogen) atoms. The van der Waals surface area contributed by atoms with E-state index >= 15 is 0 Å². The zero-order valence-electron chi connectivity index (χ0n) is 25.6. The number of hydrogen-bond donors (Lipinski definition) is 3. The molecule has 7 heteroatoms. The molecule has 0 heterocycles. The van der Waals surface area contributed by atoms with E-state index in [2.05, 4.69) is 55.7 Å². The van der Waals surface area contributed by atoms with Crippen LogP contribution in [0.25, 0.3) is 0 Å². The number of aliphatic hydroxyl groups excluding tert-OH is 1. The molecule has 5 nitrogen and oxygen atoms in total. The Labute approximate surface area is 245 Å². The van der Waals surface area contributed by atoms with Gasteiger partial charge in [-0.3, -0.25) is 4.79 Å². The lowest BCUT2D eigenvalue weighted by Crippen LogP contribution is -2.53. The van der Waals surface area contributed by atoms with Crippen LogP contribution in [0.2, 0.25) is 0 Å². The lowest BCUT2D eigenvalue weighted by molar-refractivity contribution is -0.122. The van der Waals surface area contributed by atoms with Gasteiger partial charge in [0.05, 0.1) is 18.2 Å². The van der Waals surface area contributed by atoms with Crippen molar-refractivity contribution in [3.63, 3.8) is 0 Å². The molecule has 1 aliphatic carbocycles. The molecule has 0 radical (unpaired) electrons. The number of rotatable bonds is 14. The predicted octanol–water partition coefficient (Wildman–Crippen LogP) is 6.70. The maximum Gasteiger partial charge on any atom is 0.220 e. The van der Waals surface area contributed by atoms with Gasteiger partial charge in [0.2, 0.25) is 5.91 Å². The van der Waals surface area contributed by atoms with Crippen molar-refractivity contribution in [3.8, 4) is 0 Å². The van der Waals surface area contributed by atoms with Gasteiger partial charge in [-0.1, -0.05) is 64.3 Å². The first-order chi connectivity index (χ1) is 19.4. The molecular weight excluding hydrogens is 522 g/mol. The van der Waals surface area contributed by atoms with Gasteiger partial charge in [0, 0.05) is 31.2 Å². The Balaban J connectivity index is 1.75. The van der Waals surface area contributed by atoms with E-state index in [0.717, 1.165) is 38.2 Å². The van der Waals surface area contributed by atoms with Crippen LogP contribution < -0.4 is 10.6 Å². The van der Waals surface area contributed by atoms with Gasteiger partial charge in [-0.2, -0.15) is 0 Å². The highest BCUT2D eigenvalue weighted by atomic mass is 19.1. The van der Waals surface area contributed by atoms with E-state index in [1.54, 1.807) is 0 Å². The first-order valence-corrected chi connectivity index (χ1v) is 15.3. The molecule has 228 valence electrons. The highest BCUT2D eigenvalue weighted by Crippen LogP contribution is 2.38. The maximum atomic E-state index is 14.0. The summed E-state index contributed by atoms with van der Waals surface area (Å²) in [5, 5.41) is 18.1. The van der Waals surface area contributed by atoms with Crippen molar-refractivity contribution in [2.24, 2.45) is 0 Å². The second-order valence-corrected chi connectivity index (χ2v) is 13.0. The zero-order chi connectivity index (χ0) is 30.0. The quantitative estimate of drug-likeness (QED) is 0.221. The number of unbranched alkanes of at least 4 members (excludes halogenated alkanes) is 1. The summed E-state index contributed by atoms with van der Waals surface area (Å²) in [7, 11) is 0. The third kappa shape index (κ3) is 10.5. The van der Waals surface area contributed by atoms with Crippen LogP contribution in [0.15, 0.2) is 42.5 Å². The van der Waals surface area contributed by atoms with E-state index in [0.29, 0.717) is 25.0 Å². The summed E-state index contributed by atoms with van der Waals surface area (Å²) in [6.45, 7) is 11.4. The van der Waals surface area contributed by atoms with E-state index in [4.69, 9.17) is 4.74 Å². The molecule has 0 aliphatic heterocycles. The van der Waals surface area contributed by atoms with Crippen LogP contribution in [0.3, 0.4) is 0 Å². The van der Waals surface area contributed by atoms with Crippen molar-refractivity contribution >= 4 is 5.91 Å². The van der Waals surface area contributed by atoms with Crippen LogP contribution in [-0.2, 0) is 26.9 Å². The van der Waals surface area contributed by atoms with E-state index < -0.39 is 23.8 Å². The molecular formula is C34H50F2N2O3. The molecule has 0 spiro atoms. The van der Waals surface area contributed by atoms with Gasteiger partial charge in [-0.25, -0.2) is 8.78 Å². The fraction of sp³-hybridized carbons (Fsp3) is 0.618. The number of amides is 1. The third-order valence-corrected chi connectivity index (χ3v) is 8.08. The topological polar surface area (TPSA) is 70.6 Å². The van der Waals surface area contributed by atoms with Gasteiger partial charge in [-0.15, -0.1) is 0 Å². The zero-order valence-corrected chi connectivity index (χ0v) is 25.6. The van der Waals surface area contributed by atoms with E-state index in [1.807, 2.05) is 13.8 Å². The summed E-state index contributed by atoms with van der Waals surface area (Å²) in [5.41, 5.74) is 2.60. The number of carbonyl (C=O) groups is 1. The predicted molar refractivity (Wildman–Crippen MR) is 161 cm³/mol. The molecule has 1 fully saturated rings. The maximum absolute atomic E-state index is 14.0. The Bertz CT molecular complexity index is 1090. The molecule has 3 N–H and O–H groups in total. The van der Waals surface area contributed by atoms with Gasteiger partial charge in [0.15, 0.2) is 0 Å². The number of ether oxygens (including phenoxy) is 1. The van der Waals surface area contributed by atoms with Crippen LogP contribution >= 0.6 is 0 Å². The van der Waals surface area contributed by atoms with Crippen molar-refractivity contribution < 1.29 is 23.4 Å². The van der Waals surface area contributed by atoms with Crippen LogP contribution in [0.4, 0.5) is 8.78 Å². The number of carbonyl (C=O) groups excluding carboxylic acids is 1. The monoisotopic (exact) mass is 572 g/mol. The summed E-state index contributed by atoms with van der Waals surface area (Å²) < 4.78 is 33.5. The highest BCUT2D eigenvalue weighted by molar-refractivity contribution is 5.76. The Morgan fingerprint density at radius 3 is 2.34 bits per heavy atom. The minimum atomic E-state index is -0.959. The van der Waals surface area contributed by atoms with E-state index in [1.165, 1.54) is 29.7 Å². The molecule has 3 rings (SSSR count). The SMILES string of the molecule is CC(C)OCCCCC(=O)NC(Cc1cc(F)cc(F)c1)C(O)CNC1(c2cccc(C(C)(C)C)c2)CCCCC1. The molecule has 2 unspecified atom stereocenters. The van der Waals surface area contributed by atoms with Gasteiger partial charge >= 0.3 is 0 Å². The summed E-state index contributed by atoms with van der Waals surface area (Å²) in [5.74, 6) is -1.55. The lowest BCUT2D eigenvalue weighted by Gasteiger charge is -2.41. The smallest absolute Gasteiger partial charge is 0.220 e. The second kappa shape index (κ2) is 15.2. The Morgan fingerprint density at radius 1 is 1.02 bits per heavy atom. The summed E-state index contributed by atoms with van der Waals surface area (Å²) in [4.78, 5) is 12.9. The largest absolute Gasteiger partial charge is 0.390 e. The van der Waals surface area contributed by atoms with E-state index in [9.17, 15) is 18.7 Å². The number of halogens is 2. The second-order valence-electron chi connectivity index (χ2n) is 13.0. The van der Waals surface area contributed by atoms with Gasteiger partial charge < -0.3 is 20.5 Å². The summed E-state index contributed by atoms with van der Waals surface area (Å²) >= 11 is 0. The molecule has 2 aromatic carbocycles. The van der Waals surface area contributed by atoms with Crippen molar-refractivity contribution in [2.45, 2.75) is 122 Å². The van der Waals surface area contributed by atoms with Gasteiger partial charge in [0.25, 0.3) is 0 Å². The Morgan fingerprint density at radius 2 is 1.71 bits per heavy atom. The molecule has 2 atom stereocenters. The molecule has 2 aromatic rings. The average Bonchev–Trinajstić information content (AvgIpc) is 2.90. The Kier molecular flexibility index (Phi) is 12.3. The van der Waals surface area contributed by atoms with Crippen molar-refractivity contribution in [2.75, 3.05) is 13.2 Å². The van der Waals surface area contributed by atoms with Crippen LogP contribution in [-0.4, -0.2) is 42.4 Å². The van der Waals surface area contributed by atoms with Gasteiger partial charge in [-0.05, 0) is 80.2 Å². The summed E-state index contributed by atoms with van der Waals surface area (Å²) in [6, 6.07) is 11.3. The molecule has 0 aromatic heterocycles. The standard InChI is InChI=1S/C34H50F2N2O3/c1-24(2)41-17-10-7-14-32(40)38-30(20-25-18-28(35)22-29(36)19-25)31(39)23-37-34(15-8-6-9-16-34)27-13-11-12-26(21-27)33(3,4)5/h11-13,18-19,21-22,24,30-31,37,39H,6-10,14-17,20,23H2,1-5H3,(H,38,40). The number of nitrogens with one attached hydrogen (secondary N) is 2. The first kappa shape index (κ1) is 33.2. The fourth-order valence-corrected chi connectivity index (χ4v) is 5.70. The highest BCUT2D eigenvalue weighted by Gasteiger charge is 2.35. The fourth-order valence-electron chi connectivity index (χ4n) is 5.70. The molecule has 0 bridgehead atoms. The van der Waals surface area contributed by atoms with Crippen LogP contribution in [0.1, 0.15) is 103 Å². The van der Waals surface area contributed by atoms with Crippen molar-refractivity contribution in [1.29, 1.82) is 0 Å². The number of hydrogen-bond acceptors (Lipinski definition) is 4. The third-order valence-electron chi connectivity index (χ3n) is 8.08. The number of benzene rings is 2. The molecule has 1 amide bonds. The van der Waals surface area contributed by atoms with Crippen LogP contribution in [0.5, 0.6) is 0 Å². The van der Waals surface area contributed by atoms with Crippen molar-refractivity contribution in [3.05, 3.63) is 70.8 Å². The minimum absolute atomic E-state index is 0.0158. The molecule has 1 aliphatic rings. The lowest BCUT2D eigenvalue weighted by atomic mass is 9.74. The average molecular weight is 573 g/mol.